The van der Waals surface area contributed by atoms with Gasteiger partial charge in [0.05, 0.1) is 25.9 Å². The fraction of sp³-hybridized carbons (Fsp3) is 0.571. The van der Waals surface area contributed by atoms with E-state index in [9.17, 15) is 5.11 Å². The third kappa shape index (κ3) is 2.87. The molecule has 1 aromatic rings. The lowest BCUT2D eigenvalue weighted by Crippen LogP contribution is -2.43. The van der Waals surface area contributed by atoms with Gasteiger partial charge in [-0.25, -0.2) is 0 Å². The number of aliphatic hydroxyl groups is 1. The fourth-order valence-electron chi connectivity index (χ4n) is 2.74. The Balaban J connectivity index is 1.76. The van der Waals surface area contributed by atoms with Gasteiger partial charge in [-0.2, -0.15) is 0 Å². The molecule has 0 aliphatic carbocycles. The summed E-state index contributed by atoms with van der Waals surface area (Å²) in [5.41, 5.74) is 2.34. The maximum absolute atomic E-state index is 9.18. The lowest BCUT2D eigenvalue weighted by atomic mass is 10.1. The zero-order valence-electron chi connectivity index (χ0n) is 10.8. The van der Waals surface area contributed by atoms with E-state index in [0.29, 0.717) is 6.61 Å². The van der Waals surface area contributed by atoms with Gasteiger partial charge in [0.2, 0.25) is 0 Å². The molecule has 0 radical (unpaired) electrons. The number of morpholine rings is 1. The standard InChI is InChI=1S/C14H18ClNO3/c15-12-5-10-1-3-19-14(10)11(6-12)7-16-2-4-18-13(8-16)9-17/h5-6,13,17H,1-4,7-9H2. The van der Waals surface area contributed by atoms with Gasteiger partial charge in [0.1, 0.15) is 5.75 Å². The Hall–Kier alpha value is -0.810. The highest BCUT2D eigenvalue weighted by Crippen LogP contribution is 2.33. The summed E-state index contributed by atoms with van der Waals surface area (Å²) >= 11 is 6.16. The molecule has 1 atom stereocenters. The molecule has 2 aliphatic rings. The molecule has 0 amide bonds. The van der Waals surface area contributed by atoms with Gasteiger partial charge in [0.25, 0.3) is 0 Å². The summed E-state index contributed by atoms with van der Waals surface area (Å²) < 4.78 is 11.2. The average molecular weight is 284 g/mol. The summed E-state index contributed by atoms with van der Waals surface area (Å²) in [6, 6.07) is 3.97. The molecular weight excluding hydrogens is 266 g/mol. The Morgan fingerprint density at radius 1 is 1.37 bits per heavy atom. The number of fused-ring (bicyclic) bond motifs is 1. The molecule has 1 aromatic carbocycles. The molecule has 3 rings (SSSR count). The number of aliphatic hydroxyl groups excluding tert-OH is 1. The van der Waals surface area contributed by atoms with Crippen LogP contribution >= 0.6 is 11.6 Å². The highest BCUT2D eigenvalue weighted by Gasteiger charge is 2.23. The number of halogens is 1. The van der Waals surface area contributed by atoms with E-state index in [1.54, 1.807) is 0 Å². The van der Waals surface area contributed by atoms with Crippen molar-refractivity contribution in [2.45, 2.75) is 19.1 Å². The summed E-state index contributed by atoms with van der Waals surface area (Å²) in [5.74, 6) is 0.997. The van der Waals surface area contributed by atoms with Crippen LogP contribution in [0.4, 0.5) is 0 Å². The first kappa shape index (κ1) is 13.2. The van der Waals surface area contributed by atoms with Crippen molar-refractivity contribution in [1.29, 1.82) is 0 Å². The quantitative estimate of drug-likeness (QED) is 0.912. The molecule has 2 aliphatic heterocycles. The van der Waals surface area contributed by atoms with Crippen LogP contribution < -0.4 is 4.74 Å². The van der Waals surface area contributed by atoms with E-state index in [1.807, 2.05) is 12.1 Å². The topological polar surface area (TPSA) is 41.9 Å². The second-order valence-electron chi connectivity index (χ2n) is 5.06. The smallest absolute Gasteiger partial charge is 0.127 e. The average Bonchev–Trinajstić information content (AvgIpc) is 2.87. The van der Waals surface area contributed by atoms with Crippen molar-refractivity contribution in [3.63, 3.8) is 0 Å². The van der Waals surface area contributed by atoms with Crippen LogP contribution in [0.2, 0.25) is 5.02 Å². The second kappa shape index (κ2) is 5.67. The van der Waals surface area contributed by atoms with Crippen LogP contribution in [0.3, 0.4) is 0 Å². The molecule has 1 saturated heterocycles. The molecule has 2 heterocycles. The van der Waals surface area contributed by atoms with E-state index in [0.717, 1.165) is 49.0 Å². The van der Waals surface area contributed by atoms with Crippen molar-refractivity contribution in [1.82, 2.24) is 4.90 Å². The summed E-state index contributed by atoms with van der Waals surface area (Å²) in [6.45, 7) is 3.89. The van der Waals surface area contributed by atoms with Gasteiger partial charge in [-0.15, -0.1) is 0 Å². The minimum Gasteiger partial charge on any atom is -0.493 e. The molecule has 0 bridgehead atoms. The zero-order valence-corrected chi connectivity index (χ0v) is 11.5. The first-order chi connectivity index (χ1) is 9.26. The number of hydrogen-bond donors (Lipinski definition) is 1. The van der Waals surface area contributed by atoms with Crippen molar-refractivity contribution in [3.8, 4) is 5.75 Å². The van der Waals surface area contributed by atoms with Gasteiger partial charge >= 0.3 is 0 Å². The van der Waals surface area contributed by atoms with Crippen molar-refractivity contribution < 1.29 is 14.6 Å². The summed E-state index contributed by atoms with van der Waals surface area (Å²) in [4.78, 5) is 2.28. The van der Waals surface area contributed by atoms with Crippen molar-refractivity contribution in [2.75, 3.05) is 32.9 Å². The van der Waals surface area contributed by atoms with Crippen molar-refractivity contribution in [3.05, 3.63) is 28.3 Å². The van der Waals surface area contributed by atoms with Gasteiger partial charge in [-0.1, -0.05) is 11.6 Å². The maximum Gasteiger partial charge on any atom is 0.127 e. The van der Waals surface area contributed by atoms with Gasteiger partial charge < -0.3 is 14.6 Å². The Bertz CT molecular complexity index is 466. The van der Waals surface area contributed by atoms with E-state index >= 15 is 0 Å². The SMILES string of the molecule is OCC1CN(Cc2cc(Cl)cc3c2OCC3)CCO1. The lowest BCUT2D eigenvalue weighted by Gasteiger charge is -2.32. The molecule has 1 fully saturated rings. The van der Waals surface area contributed by atoms with Crippen LogP contribution in [0.25, 0.3) is 0 Å². The van der Waals surface area contributed by atoms with Gasteiger partial charge in [0, 0.05) is 36.6 Å². The van der Waals surface area contributed by atoms with E-state index in [-0.39, 0.29) is 12.7 Å². The molecule has 19 heavy (non-hydrogen) atoms. The maximum atomic E-state index is 9.18. The lowest BCUT2D eigenvalue weighted by molar-refractivity contribution is -0.0552. The molecule has 104 valence electrons. The van der Waals surface area contributed by atoms with Crippen LogP contribution in [-0.2, 0) is 17.7 Å². The Kier molecular flexibility index (Phi) is 3.93. The van der Waals surface area contributed by atoms with Crippen LogP contribution in [0.15, 0.2) is 12.1 Å². The summed E-state index contributed by atoms with van der Waals surface area (Å²) in [5, 5.41) is 9.95. The Morgan fingerprint density at radius 2 is 2.26 bits per heavy atom. The molecule has 5 heteroatoms. The van der Waals surface area contributed by atoms with Crippen molar-refractivity contribution >= 4 is 11.6 Å². The number of hydrogen-bond acceptors (Lipinski definition) is 4. The highest BCUT2D eigenvalue weighted by atomic mass is 35.5. The normalized spacial score (nSPS) is 23.2. The summed E-state index contributed by atoms with van der Waals surface area (Å²) in [7, 11) is 0. The largest absolute Gasteiger partial charge is 0.493 e. The minimum absolute atomic E-state index is 0.0701. The molecule has 4 nitrogen and oxygen atoms in total. The number of nitrogens with zero attached hydrogens (tertiary/aromatic N) is 1. The third-order valence-corrected chi connectivity index (χ3v) is 3.86. The molecule has 0 aromatic heterocycles. The van der Waals surface area contributed by atoms with E-state index in [4.69, 9.17) is 21.1 Å². The summed E-state index contributed by atoms with van der Waals surface area (Å²) in [6.07, 6.45) is 0.854. The van der Waals surface area contributed by atoms with Gasteiger partial charge in [-0.3, -0.25) is 4.90 Å². The van der Waals surface area contributed by atoms with E-state index in [1.165, 1.54) is 5.56 Å². The third-order valence-electron chi connectivity index (χ3n) is 3.65. The fourth-order valence-corrected chi connectivity index (χ4v) is 3.00. The van der Waals surface area contributed by atoms with Crippen LogP contribution in [-0.4, -0.2) is 49.0 Å². The first-order valence-corrected chi connectivity index (χ1v) is 7.03. The number of benzene rings is 1. The zero-order chi connectivity index (χ0) is 13.2. The monoisotopic (exact) mass is 283 g/mol. The molecule has 1 unspecified atom stereocenters. The number of rotatable bonds is 3. The molecule has 0 spiro atoms. The number of ether oxygens (including phenoxy) is 2. The highest BCUT2D eigenvalue weighted by molar-refractivity contribution is 6.30. The van der Waals surface area contributed by atoms with E-state index < -0.39 is 0 Å². The van der Waals surface area contributed by atoms with Gasteiger partial charge in [0.15, 0.2) is 0 Å². The van der Waals surface area contributed by atoms with E-state index in [2.05, 4.69) is 4.90 Å². The van der Waals surface area contributed by atoms with Crippen LogP contribution in [0.5, 0.6) is 5.75 Å². The predicted molar refractivity (Wildman–Crippen MR) is 72.8 cm³/mol. The van der Waals surface area contributed by atoms with Gasteiger partial charge in [-0.05, 0) is 17.7 Å². The second-order valence-corrected chi connectivity index (χ2v) is 5.50. The molecule has 0 saturated carbocycles. The minimum atomic E-state index is -0.0816. The van der Waals surface area contributed by atoms with Crippen LogP contribution in [0, 0.1) is 0 Å². The van der Waals surface area contributed by atoms with Crippen molar-refractivity contribution in [2.24, 2.45) is 0 Å². The molecule has 1 N–H and O–H groups in total. The Morgan fingerprint density at radius 3 is 3.11 bits per heavy atom. The Labute approximate surface area is 117 Å². The molecular formula is C14H18ClNO3. The first-order valence-electron chi connectivity index (χ1n) is 6.65. The van der Waals surface area contributed by atoms with Crippen LogP contribution in [0.1, 0.15) is 11.1 Å². The predicted octanol–water partition coefficient (Wildman–Crippen LogP) is 1.47.